The summed E-state index contributed by atoms with van der Waals surface area (Å²) in [6.07, 6.45) is -0.114. The molecule has 0 radical (unpaired) electrons. The number of carboxylic acid groups (broad SMARTS) is 1. The Morgan fingerprint density at radius 2 is 1.96 bits per heavy atom. The number of carboxylic acids is 1. The number of nitrogens with one attached hydrogen (secondary N) is 1. The molecule has 1 heterocycles. The van der Waals surface area contributed by atoms with Crippen LogP contribution in [0.4, 0.5) is 0 Å². The highest BCUT2D eigenvalue weighted by molar-refractivity contribution is 6.32. The molecule has 0 aliphatic heterocycles. The number of aromatic amines is 1. The number of benzene rings is 2. The average molecular weight is 360 g/mol. The van der Waals surface area contributed by atoms with Crippen molar-refractivity contribution in [3.05, 3.63) is 46.5 Å². The number of H-pyrrole nitrogens is 1. The number of fused-ring (bicyclic) bond motifs is 1. The highest BCUT2D eigenvalue weighted by Crippen LogP contribution is 2.39. The highest BCUT2D eigenvalue weighted by Gasteiger charge is 2.20. The summed E-state index contributed by atoms with van der Waals surface area (Å²) in [5, 5.41) is 10.8. The van der Waals surface area contributed by atoms with E-state index in [1.165, 1.54) is 0 Å². The van der Waals surface area contributed by atoms with E-state index in [0.717, 1.165) is 22.0 Å². The molecule has 3 rings (SSSR count). The molecule has 6 heteroatoms. The third kappa shape index (κ3) is 3.03. The zero-order valence-corrected chi connectivity index (χ0v) is 14.9. The van der Waals surface area contributed by atoms with Gasteiger partial charge in [-0.15, -0.1) is 0 Å². The van der Waals surface area contributed by atoms with Crippen LogP contribution in [0.5, 0.6) is 11.5 Å². The summed E-state index contributed by atoms with van der Waals surface area (Å²) in [6.45, 7) is 1.90. The summed E-state index contributed by atoms with van der Waals surface area (Å²) in [4.78, 5) is 14.8. The van der Waals surface area contributed by atoms with Gasteiger partial charge in [0.1, 0.15) is 11.5 Å². The molecule has 25 heavy (non-hydrogen) atoms. The topological polar surface area (TPSA) is 71.5 Å². The van der Waals surface area contributed by atoms with Gasteiger partial charge in [0.2, 0.25) is 0 Å². The molecule has 2 aromatic carbocycles. The SMILES string of the molecule is COc1ccc(OC)c(-c2[nH]c3c(C)c(Cl)ccc3c2CC(=O)O)c1. The predicted octanol–water partition coefficient (Wildman–Crippen LogP) is 4.44. The number of aliphatic carboxylic acids is 1. The fraction of sp³-hybridized carbons (Fsp3) is 0.211. The molecule has 0 aliphatic rings. The van der Waals surface area contributed by atoms with Gasteiger partial charge in [-0.05, 0) is 42.3 Å². The van der Waals surface area contributed by atoms with Crippen LogP contribution in [0.2, 0.25) is 5.02 Å². The molecule has 130 valence electrons. The number of methoxy groups -OCH3 is 2. The molecular weight excluding hydrogens is 342 g/mol. The Hall–Kier alpha value is -2.66. The van der Waals surface area contributed by atoms with Crippen LogP contribution in [0.25, 0.3) is 22.2 Å². The molecule has 0 saturated heterocycles. The molecular formula is C19H18ClNO4. The zero-order valence-electron chi connectivity index (χ0n) is 14.1. The van der Waals surface area contributed by atoms with Gasteiger partial charge in [0.15, 0.2) is 0 Å². The lowest BCUT2D eigenvalue weighted by Gasteiger charge is -2.11. The molecule has 0 spiro atoms. The second-order valence-electron chi connectivity index (χ2n) is 5.71. The van der Waals surface area contributed by atoms with E-state index >= 15 is 0 Å². The summed E-state index contributed by atoms with van der Waals surface area (Å²) >= 11 is 6.23. The summed E-state index contributed by atoms with van der Waals surface area (Å²) in [5.41, 5.74) is 3.82. The van der Waals surface area contributed by atoms with E-state index in [9.17, 15) is 9.90 Å². The Balaban J connectivity index is 2.35. The first kappa shape index (κ1) is 17.2. The van der Waals surface area contributed by atoms with Gasteiger partial charge in [-0.1, -0.05) is 17.7 Å². The standard InChI is InChI=1S/C19H18ClNO4/c1-10-15(20)6-5-12-13(9-17(22)23)19(21-18(10)12)14-8-11(24-2)4-7-16(14)25-3/h4-8,21H,9H2,1-3H3,(H,22,23). The van der Waals surface area contributed by atoms with E-state index in [1.807, 2.05) is 19.1 Å². The molecule has 0 fully saturated rings. The second-order valence-corrected chi connectivity index (χ2v) is 6.12. The zero-order chi connectivity index (χ0) is 18.1. The largest absolute Gasteiger partial charge is 0.497 e. The van der Waals surface area contributed by atoms with Crippen LogP contribution < -0.4 is 9.47 Å². The van der Waals surface area contributed by atoms with E-state index in [4.69, 9.17) is 21.1 Å². The number of ether oxygens (including phenoxy) is 2. The molecule has 0 atom stereocenters. The van der Waals surface area contributed by atoms with Crippen LogP contribution >= 0.6 is 11.6 Å². The molecule has 0 saturated carbocycles. The van der Waals surface area contributed by atoms with Crippen molar-refractivity contribution in [1.29, 1.82) is 0 Å². The van der Waals surface area contributed by atoms with Crippen molar-refractivity contribution in [2.75, 3.05) is 14.2 Å². The first-order chi connectivity index (χ1) is 12.0. The maximum atomic E-state index is 11.4. The molecule has 1 aromatic heterocycles. The van der Waals surface area contributed by atoms with Crippen LogP contribution in [-0.2, 0) is 11.2 Å². The van der Waals surface area contributed by atoms with Crippen molar-refractivity contribution < 1.29 is 19.4 Å². The summed E-state index contributed by atoms with van der Waals surface area (Å²) in [7, 11) is 3.16. The number of halogens is 1. The van der Waals surface area contributed by atoms with E-state index in [1.54, 1.807) is 32.4 Å². The van der Waals surface area contributed by atoms with Crippen LogP contribution in [0.1, 0.15) is 11.1 Å². The first-order valence-corrected chi connectivity index (χ1v) is 8.08. The van der Waals surface area contributed by atoms with Crippen LogP contribution in [0.3, 0.4) is 0 Å². The minimum absolute atomic E-state index is 0.114. The number of aryl methyl sites for hydroxylation is 1. The lowest BCUT2D eigenvalue weighted by molar-refractivity contribution is -0.136. The van der Waals surface area contributed by atoms with Gasteiger partial charge >= 0.3 is 5.97 Å². The number of hydrogen-bond donors (Lipinski definition) is 2. The molecule has 0 bridgehead atoms. The normalized spacial score (nSPS) is 10.9. The van der Waals surface area contributed by atoms with Gasteiger partial charge < -0.3 is 19.6 Å². The van der Waals surface area contributed by atoms with Gasteiger partial charge in [0.25, 0.3) is 0 Å². The molecule has 5 nitrogen and oxygen atoms in total. The fourth-order valence-corrected chi connectivity index (χ4v) is 3.17. The summed E-state index contributed by atoms with van der Waals surface area (Å²) in [5.74, 6) is 0.379. The first-order valence-electron chi connectivity index (χ1n) is 7.70. The van der Waals surface area contributed by atoms with Crippen LogP contribution in [0.15, 0.2) is 30.3 Å². The maximum absolute atomic E-state index is 11.4. The quantitative estimate of drug-likeness (QED) is 0.706. The number of carbonyl (C=O) groups is 1. The molecule has 2 N–H and O–H groups in total. The number of hydrogen-bond acceptors (Lipinski definition) is 3. The third-order valence-corrected chi connectivity index (χ3v) is 4.69. The predicted molar refractivity (Wildman–Crippen MR) is 97.9 cm³/mol. The van der Waals surface area contributed by atoms with Gasteiger partial charge in [-0.2, -0.15) is 0 Å². The minimum atomic E-state index is -0.906. The minimum Gasteiger partial charge on any atom is -0.497 e. The van der Waals surface area contributed by atoms with E-state index in [0.29, 0.717) is 27.8 Å². The van der Waals surface area contributed by atoms with Crippen molar-refractivity contribution in [2.24, 2.45) is 0 Å². The van der Waals surface area contributed by atoms with E-state index < -0.39 is 5.97 Å². The lowest BCUT2D eigenvalue weighted by atomic mass is 10.0. The molecule has 0 unspecified atom stereocenters. The molecule has 0 amide bonds. The smallest absolute Gasteiger partial charge is 0.307 e. The average Bonchev–Trinajstić information content (AvgIpc) is 2.96. The van der Waals surface area contributed by atoms with Crippen molar-refractivity contribution >= 4 is 28.5 Å². The Morgan fingerprint density at radius 3 is 2.60 bits per heavy atom. The lowest BCUT2D eigenvalue weighted by Crippen LogP contribution is -2.01. The maximum Gasteiger partial charge on any atom is 0.307 e. The van der Waals surface area contributed by atoms with Crippen molar-refractivity contribution in [1.82, 2.24) is 4.98 Å². The third-order valence-electron chi connectivity index (χ3n) is 4.28. The van der Waals surface area contributed by atoms with Gasteiger partial charge in [-0.25, -0.2) is 0 Å². The Kier molecular flexibility index (Phi) is 4.59. The molecule has 3 aromatic rings. The Morgan fingerprint density at radius 1 is 1.20 bits per heavy atom. The molecule has 0 aliphatic carbocycles. The second kappa shape index (κ2) is 6.69. The van der Waals surface area contributed by atoms with Gasteiger partial charge in [0.05, 0.1) is 31.9 Å². The monoisotopic (exact) mass is 359 g/mol. The van der Waals surface area contributed by atoms with E-state index in [2.05, 4.69) is 4.98 Å². The van der Waals surface area contributed by atoms with Crippen molar-refractivity contribution in [2.45, 2.75) is 13.3 Å². The van der Waals surface area contributed by atoms with Crippen LogP contribution in [-0.4, -0.2) is 30.3 Å². The summed E-state index contributed by atoms with van der Waals surface area (Å²) in [6, 6.07) is 9.04. The highest BCUT2D eigenvalue weighted by atomic mass is 35.5. The van der Waals surface area contributed by atoms with E-state index in [-0.39, 0.29) is 6.42 Å². The van der Waals surface area contributed by atoms with Crippen molar-refractivity contribution in [3.63, 3.8) is 0 Å². The summed E-state index contributed by atoms with van der Waals surface area (Å²) < 4.78 is 10.8. The Labute approximate surface area is 150 Å². The number of rotatable bonds is 5. The van der Waals surface area contributed by atoms with Crippen molar-refractivity contribution in [3.8, 4) is 22.8 Å². The van der Waals surface area contributed by atoms with Gasteiger partial charge in [0, 0.05) is 16.0 Å². The Bertz CT molecular complexity index is 962. The van der Waals surface area contributed by atoms with Gasteiger partial charge in [-0.3, -0.25) is 4.79 Å². The number of aromatic nitrogens is 1. The van der Waals surface area contributed by atoms with Crippen LogP contribution in [0, 0.1) is 6.92 Å². The fourth-order valence-electron chi connectivity index (χ4n) is 3.01.